The topological polar surface area (TPSA) is 80.9 Å². The summed E-state index contributed by atoms with van der Waals surface area (Å²) in [6.07, 6.45) is -4.86. The Balaban J connectivity index is 2.11. The summed E-state index contributed by atoms with van der Waals surface area (Å²) in [6, 6.07) is 9.46. The summed E-state index contributed by atoms with van der Waals surface area (Å²) in [5, 5.41) is 9.45. The second kappa shape index (κ2) is 7.64. The zero-order valence-corrected chi connectivity index (χ0v) is 15.3. The van der Waals surface area contributed by atoms with Gasteiger partial charge in [0.25, 0.3) is 5.91 Å². The van der Waals surface area contributed by atoms with E-state index < -0.39 is 30.5 Å². The van der Waals surface area contributed by atoms with E-state index in [1.54, 1.807) is 12.1 Å². The first-order valence-corrected chi connectivity index (χ1v) is 8.77. The number of benzene rings is 2. The fourth-order valence-electron chi connectivity index (χ4n) is 2.40. The first kappa shape index (κ1) is 19.9. The number of hydrogen-bond donors (Lipinski definition) is 1. The summed E-state index contributed by atoms with van der Waals surface area (Å²) in [5.41, 5.74) is 0.493. The highest BCUT2D eigenvalue weighted by Crippen LogP contribution is 2.28. The first-order valence-electron chi connectivity index (χ1n) is 7.58. The van der Waals surface area contributed by atoms with Crippen LogP contribution in [0.25, 0.3) is 10.2 Å². The van der Waals surface area contributed by atoms with Crippen molar-refractivity contribution in [2.75, 3.05) is 0 Å². The molecule has 146 valence electrons. The molecule has 3 rings (SSSR count). The van der Waals surface area contributed by atoms with Gasteiger partial charge in [-0.05, 0) is 36.4 Å². The number of hydrogen-bond acceptors (Lipinski definition) is 4. The molecule has 0 atom stereocenters. The Morgan fingerprint density at radius 1 is 1.21 bits per heavy atom. The van der Waals surface area contributed by atoms with E-state index in [-0.39, 0.29) is 15.1 Å². The molecule has 28 heavy (non-hydrogen) atoms. The maximum absolute atomic E-state index is 12.4. The summed E-state index contributed by atoms with van der Waals surface area (Å²) in [5.74, 6) is -2.33. The molecule has 0 saturated carbocycles. The van der Waals surface area contributed by atoms with E-state index in [2.05, 4.69) is 9.73 Å². The molecule has 0 radical (unpaired) electrons. The minimum Gasteiger partial charge on any atom is -0.480 e. The Labute approximate surface area is 164 Å². The number of aromatic nitrogens is 1. The molecule has 11 heteroatoms. The lowest BCUT2D eigenvalue weighted by molar-refractivity contribution is -0.274. The number of ether oxygens (including phenoxy) is 1. The number of carbonyl (C=O) groups is 2. The highest BCUT2D eigenvalue weighted by molar-refractivity contribution is 7.16. The van der Waals surface area contributed by atoms with Crippen LogP contribution < -0.4 is 9.54 Å². The van der Waals surface area contributed by atoms with Crippen molar-refractivity contribution in [1.29, 1.82) is 0 Å². The zero-order valence-electron chi connectivity index (χ0n) is 13.7. The van der Waals surface area contributed by atoms with Gasteiger partial charge in [0.2, 0.25) is 0 Å². The number of amides is 1. The number of carbonyl (C=O) groups excluding carboxylic acids is 1. The van der Waals surface area contributed by atoms with Crippen molar-refractivity contribution in [3.05, 3.63) is 57.9 Å². The van der Waals surface area contributed by atoms with E-state index in [1.165, 1.54) is 22.8 Å². The molecule has 0 aliphatic rings. The highest BCUT2D eigenvalue weighted by atomic mass is 35.5. The molecule has 3 aromatic rings. The van der Waals surface area contributed by atoms with Crippen molar-refractivity contribution >= 4 is 45.0 Å². The quantitative estimate of drug-likeness (QED) is 0.676. The number of nitrogens with zero attached hydrogens (tertiary/aromatic N) is 2. The van der Waals surface area contributed by atoms with Gasteiger partial charge in [0, 0.05) is 10.6 Å². The molecule has 1 amide bonds. The van der Waals surface area contributed by atoms with Gasteiger partial charge >= 0.3 is 12.3 Å². The third-order valence-corrected chi connectivity index (χ3v) is 4.73. The van der Waals surface area contributed by atoms with Crippen LogP contribution in [0.5, 0.6) is 5.75 Å². The molecule has 0 saturated heterocycles. The number of carboxylic acid groups (broad SMARTS) is 1. The largest absolute Gasteiger partial charge is 0.573 e. The maximum Gasteiger partial charge on any atom is 0.573 e. The van der Waals surface area contributed by atoms with E-state index in [9.17, 15) is 22.8 Å². The maximum atomic E-state index is 12.4. The van der Waals surface area contributed by atoms with Crippen molar-refractivity contribution < 1.29 is 32.6 Å². The molecule has 0 bridgehead atoms. The van der Waals surface area contributed by atoms with Gasteiger partial charge in [0.1, 0.15) is 12.3 Å². The number of alkyl halides is 3. The molecule has 2 aromatic carbocycles. The van der Waals surface area contributed by atoms with Gasteiger partial charge in [-0.1, -0.05) is 29.0 Å². The van der Waals surface area contributed by atoms with Crippen LogP contribution in [-0.2, 0) is 11.3 Å². The average Bonchev–Trinajstić information content (AvgIpc) is 2.89. The van der Waals surface area contributed by atoms with E-state index in [0.29, 0.717) is 10.5 Å². The number of halogens is 4. The molecule has 0 aliphatic carbocycles. The molecule has 1 aromatic heterocycles. The standard InChI is InChI=1S/C17H10ClF3N2O4S/c18-10-3-1-2-9(6-10)15(26)22-16-23(8-14(24)25)12-5-4-11(7-13(12)28-16)27-17(19,20)21/h1-7H,8H2,(H,24,25)/b22-16-. The molecule has 0 unspecified atom stereocenters. The summed E-state index contributed by atoms with van der Waals surface area (Å²) in [4.78, 5) is 27.5. The predicted octanol–water partition coefficient (Wildman–Crippen LogP) is 4.08. The number of carboxylic acids is 1. The Kier molecular flexibility index (Phi) is 5.43. The van der Waals surface area contributed by atoms with Crippen LogP contribution in [0, 0.1) is 0 Å². The van der Waals surface area contributed by atoms with E-state index in [1.807, 2.05) is 0 Å². The minimum absolute atomic E-state index is 0.0199. The second-order valence-corrected chi connectivity index (χ2v) is 6.91. The van der Waals surface area contributed by atoms with E-state index >= 15 is 0 Å². The summed E-state index contributed by atoms with van der Waals surface area (Å²) >= 11 is 6.71. The van der Waals surface area contributed by atoms with Crippen molar-refractivity contribution in [1.82, 2.24) is 4.57 Å². The lowest BCUT2D eigenvalue weighted by Crippen LogP contribution is -2.21. The number of thiazole rings is 1. The van der Waals surface area contributed by atoms with Crippen LogP contribution in [0.4, 0.5) is 13.2 Å². The van der Waals surface area contributed by atoms with E-state index in [4.69, 9.17) is 16.7 Å². The lowest BCUT2D eigenvalue weighted by atomic mass is 10.2. The van der Waals surface area contributed by atoms with Crippen molar-refractivity contribution in [3.8, 4) is 5.75 Å². The molecule has 0 spiro atoms. The fourth-order valence-corrected chi connectivity index (χ4v) is 3.64. The van der Waals surface area contributed by atoms with Crippen LogP contribution in [-0.4, -0.2) is 27.9 Å². The second-order valence-electron chi connectivity index (χ2n) is 5.47. The van der Waals surface area contributed by atoms with Gasteiger partial charge < -0.3 is 14.4 Å². The third kappa shape index (κ3) is 4.70. The lowest BCUT2D eigenvalue weighted by Gasteiger charge is -2.08. The Morgan fingerprint density at radius 3 is 2.61 bits per heavy atom. The monoisotopic (exact) mass is 430 g/mol. The summed E-state index contributed by atoms with van der Waals surface area (Å²) in [7, 11) is 0. The van der Waals surface area contributed by atoms with Gasteiger partial charge in [-0.25, -0.2) is 0 Å². The van der Waals surface area contributed by atoms with Crippen LogP contribution >= 0.6 is 22.9 Å². The molecule has 1 N–H and O–H groups in total. The molecular weight excluding hydrogens is 421 g/mol. The van der Waals surface area contributed by atoms with Crippen molar-refractivity contribution in [2.24, 2.45) is 4.99 Å². The summed E-state index contributed by atoms with van der Waals surface area (Å²) < 4.78 is 42.6. The molecule has 0 aliphatic heterocycles. The number of fused-ring (bicyclic) bond motifs is 1. The zero-order chi connectivity index (χ0) is 20.5. The van der Waals surface area contributed by atoms with E-state index in [0.717, 1.165) is 23.5 Å². The third-order valence-electron chi connectivity index (χ3n) is 3.45. The highest BCUT2D eigenvalue weighted by Gasteiger charge is 2.31. The SMILES string of the molecule is O=C(O)Cn1/c(=N/C(=O)c2cccc(Cl)c2)sc2cc(OC(F)(F)F)ccc21. The molecule has 6 nitrogen and oxygen atoms in total. The normalized spacial score (nSPS) is 12.4. The van der Waals surface area contributed by atoms with Gasteiger partial charge in [-0.3, -0.25) is 9.59 Å². The Bertz CT molecular complexity index is 1140. The fraction of sp³-hybridized carbons (Fsp3) is 0.118. The number of rotatable bonds is 4. The van der Waals surface area contributed by atoms with Gasteiger partial charge in [0.05, 0.1) is 10.2 Å². The van der Waals surface area contributed by atoms with Crippen LogP contribution in [0.1, 0.15) is 10.4 Å². The molecular formula is C17H10ClF3N2O4S. The average molecular weight is 431 g/mol. The minimum atomic E-state index is -4.86. The van der Waals surface area contributed by atoms with Crippen molar-refractivity contribution in [2.45, 2.75) is 12.9 Å². The first-order chi connectivity index (χ1) is 13.1. The van der Waals surface area contributed by atoms with Gasteiger partial charge in [-0.2, -0.15) is 4.99 Å². The van der Waals surface area contributed by atoms with Gasteiger partial charge in [-0.15, -0.1) is 13.2 Å². The van der Waals surface area contributed by atoms with Gasteiger partial charge in [0.15, 0.2) is 4.80 Å². The van der Waals surface area contributed by atoms with Crippen LogP contribution in [0.3, 0.4) is 0 Å². The van der Waals surface area contributed by atoms with Crippen molar-refractivity contribution in [3.63, 3.8) is 0 Å². The smallest absolute Gasteiger partial charge is 0.480 e. The molecule has 0 fully saturated rings. The summed E-state index contributed by atoms with van der Waals surface area (Å²) in [6.45, 7) is -0.527. The van der Waals surface area contributed by atoms with Crippen LogP contribution in [0.15, 0.2) is 47.5 Å². The Hall–Kier alpha value is -2.85. The van der Waals surface area contributed by atoms with Crippen LogP contribution in [0.2, 0.25) is 5.02 Å². The predicted molar refractivity (Wildman–Crippen MR) is 95.5 cm³/mol. The molecule has 1 heterocycles. The number of aliphatic carboxylic acids is 1. The Morgan fingerprint density at radius 2 is 1.96 bits per heavy atom.